The minimum atomic E-state index is -4.53. The lowest BCUT2D eigenvalue weighted by atomic mass is 10.1. The Morgan fingerprint density at radius 2 is 2.00 bits per heavy atom. The normalized spacial score (nSPS) is 11.8. The van der Waals surface area contributed by atoms with E-state index >= 15 is 0 Å². The van der Waals surface area contributed by atoms with Crippen LogP contribution >= 0.6 is 23.4 Å². The third-order valence-electron chi connectivity index (χ3n) is 4.76. The molecule has 0 fully saturated rings. The number of fused-ring (bicyclic) bond motifs is 1. The van der Waals surface area contributed by atoms with E-state index in [0.29, 0.717) is 17.5 Å². The van der Waals surface area contributed by atoms with Crippen molar-refractivity contribution in [2.75, 3.05) is 11.1 Å². The Labute approximate surface area is 190 Å². The van der Waals surface area contributed by atoms with Gasteiger partial charge in [0.2, 0.25) is 5.91 Å². The van der Waals surface area contributed by atoms with Gasteiger partial charge in [-0.2, -0.15) is 13.2 Å². The maximum atomic E-state index is 12.9. The van der Waals surface area contributed by atoms with Crippen molar-refractivity contribution in [1.82, 2.24) is 19.7 Å². The van der Waals surface area contributed by atoms with E-state index in [2.05, 4.69) is 20.5 Å². The number of nitrogens with one attached hydrogen (secondary N) is 2. The zero-order chi connectivity index (χ0) is 22.9. The second-order valence-corrected chi connectivity index (χ2v) is 8.18. The highest BCUT2D eigenvalue weighted by Crippen LogP contribution is 2.34. The van der Waals surface area contributed by atoms with E-state index in [-0.39, 0.29) is 16.5 Å². The average molecular weight is 480 g/mol. The maximum absolute atomic E-state index is 12.9. The lowest BCUT2D eigenvalue weighted by Crippen LogP contribution is -2.16. The molecule has 0 aliphatic carbocycles. The Morgan fingerprint density at radius 1 is 1.22 bits per heavy atom. The van der Waals surface area contributed by atoms with Crippen molar-refractivity contribution < 1.29 is 18.0 Å². The molecule has 0 saturated carbocycles. The van der Waals surface area contributed by atoms with Gasteiger partial charge in [-0.3, -0.25) is 4.79 Å². The molecule has 2 heterocycles. The minimum absolute atomic E-state index is 0.0229. The number of thioether (sulfide) groups is 1. The first-order valence-electron chi connectivity index (χ1n) is 9.57. The van der Waals surface area contributed by atoms with E-state index in [0.717, 1.165) is 46.4 Å². The van der Waals surface area contributed by atoms with Crippen LogP contribution in [0, 0.1) is 0 Å². The second kappa shape index (κ2) is 8.87. The first-order valence-corrected chi connectivity index (χ1v) is 10.9. The summed E-state index contributed by atoms with van der Waals surface area (Å²) in [6.45, 7) is 2.51. The van der Waals surface area contributed by atoms with Gasteiger partial charge in [0.1, 0.15) is 0 Å². The zero-order valence-electron chi connectivity index (χ0n) is 16.7. The van der Waals surface area contributed by atoms with Gasteiger partial charge in [-0.15, -0.1) is 10.2 Å². The van der Waals surface area contributed by atoms with Crippen molar-refractivity contribution in [3.8, 4) is 11.4 Å². The summed E-state index contributed by atoms with van der Waals surface area (Å²) in [5.74, 6) is 0.0859. The number of halogens is 4. The number of anilines is 1. The number of alkyl halides is 3. The molecule has 1 amide bonds. The Bertz CT molecular complexity index is 1280. The van der Waals surface area contributed by atoms with Crippen molar-refractivity contribution in [3.05, 3.63) is 59.2 Å². The number of para-hydroxylation sites is 1. The van der Waals surface area contributed by atoms with Crippen molar-refractivity contribution in [2.45, 2.75) is 24.8 Å². The van der Waals surface area contributed by atoms with Crippen LogP contribution in [-0.4, -0.2) is 31.4 Å². The number of aromatic amines is 1. The smallest absolute Gasteiger partial charge is 0.360 e. The summed E-state index contributed by atoms with van der Waals surface area (Å²) in [7, 11) is 0. The first kappa shape index (κ1) is 22.2. The average Bonchev–Trinajstić information content (AvgIpc) is 3.36. The van der Waals surface area contributed by atoms with Crippen LogP contribution in [0.3, 0.4) is 0 Å². The lowest BCUT2D eigenvalue weighted by Gasteiger charge is -2.11. The monoisotopic (exact) mass is 479 g/mol. The van der Waals surface area contributed by atoms with Crippen LogP contribution in [0.5, 0.6) is 0 Å². The van der Waals surface area contributed by atoms with Gasteiger partial charge in [-0.05, 0) is 31.2 Å². The highest BCUT2D eigenvalue weighted by atomic mass is 35.5. The van der Waals surface area contributed by atoms with Crippen molar-refractivity contribution in [2.24, 2.45) is 0 Å². The number of aromatic nitrogens is 4. The molecular weight excluding hydrogens is 463 g/mol. The van der Waals surface area contributed by atoms with Gasteiger partial charge in [-0.25, -0.2) is 0 Å². The van der Waals surface area contributed by atoms with Crippen LogP contribution in [0.15, 0.2) is 53.8 Å². The maximum Gasteiger partial charge on any atom is 0.416 e. The van der Waals surface area contributed by atoms with Gasteiger partial charge in [-0.1, -0.05) is 41.6 Å². The summed E-state index contributed by atoms with van der Waals surface area (Å²) in [5, 5.41) is 12.5. The molecule has 2 N–H and O–H groups in total. The molecule has 4 aromatic rings. The molecule has 0 spiro atoms. The molecule has 166 valence electrons. The van der Waals surface area contributed by atoms with E-state index in [1.807, 2.05) is 42.0 Å². The van der Waals surface area contributed by atoms with Gasteiger partial charge < -0.3 is 14.9 Å². The van der Waals surface area contributed by atoms with E-state index in [1.165, 1.54) is 0 Å². The van der Waals surface area contributed by atoms with Gasteiger partial charge >= 0.3 is 6.18 Å². The largest absolute Gasteiger partial charge is 0.416 e. The second-order valence-electron chi connectivity index (χ2n) is 6.83. The van der Waals surface area contributed by atoms with Gasteiger partial charge in [0, 0.05) is 29.2 Å². The predicted molar refractivity (Wildman–Crippen MR) is 119 cm³/mol. The summed E-state index contributed by atoms with van der Waals surface area (Å²) in [5.41, 5.74) is 0.879. The van der Waals surface area contributed by atoms with Crippen molar-refractivity contribution in [3.63, 3.8) is 0 Å². The molecule has 0 unspecified atom stereocenters. The molecule has 0 aliphatic rings. The highest BCUT2D eigenvalue weighted by Gasteiger charge is 2.31. The molecule has 0 aliphatic heterocycles. The van der Waals surface area contributed by atoms with Crippen LogP contribution in [0.2, 0.25) is 5.02 Å². The molecule has 0 atom stereocenters. The fraction of sp³-hybridized carbons (Fsp3) is 0.190. The van der Waals surface area contributed by atoms with Crippen LogP contribution in [0.25, 0.3) is 22.3 Å². The minimum Gasteiger partial charge on any atom is -0.360 e. The molecule has 11 heteroatoms. The zero-order valence-corrected chi connectivity index (χ0v) is 18.3. The van der Waals surface area contributed by atoms with E-state index < -0.39 is 17.6 Å². The number of hydrogen-bond acceptors (Lipinski definition) is 4. The summed E-state index contributed by atoms with van der Waals surface area (Å²) < 4.78 is 40.7. The molecule has 2 aromatic heterocycles. The summed E-state index contributed by atoms with van der Waals surface area (Å²) in [6.07, 6.45) is -2.67. The summed E-state index contributed by atoms with van der Waals surface area (Å²) >= 11 is 7.08. The van der Waals surface area contributed by atoms with Crippen molar-refractivity contribution >= 4 is 45.9 Å². The molecule has 32 heavy (non-hydrogen) atoms. The van der Waals surface area contributed by atoms with Crippen LogP contribution in [-0.2, 0) is 17.5 Å². The van der Waals surface area contributed by atoms with Crippen LogP contribution in [0.4, 0.5) is 18.9 Å². The van der Waals surface area contributed by atoms with Crippen molar-refractivity contribution in [1.29, 1.82) is 0 Å². The summed E-state index contributed by atoms with van der Waals surface area (Å²) in [4.78, 5) is 15.6. The number of rotatable bonds is 6. The van der Waals surface area contributed by atoms with Crippen LogP contribution < -0.4 is 5.32 Å². The van der Waals surface area contributed by atoms with E-state index in [4.69, 9.17) is 11.6 Å². The topological polar surface area (TPSA) is 75.6 Å². The van der Waals surface area contributed by atoms with Gasteiger partial charge in [0.05, 0.1) is 22.0 Å². The Hall–Kier alpha value is -2.98. The third-order valence-corrected chi connectivity index (χ3v) is 6.06. The number of amides is 1. The first-order chi connectivity index (χ1) is 15.3. The molecule has 6 nitrogen and oxygen atoms in total. The Morgan fingerprint density at radius 3 is 2.75 bits per heavy atom. The molecule has 0 radical (unpaired) electrons. The van der Waals surface area contributed by atoms with E-state index in [1.54, 1.807) is 0 Å². The molecule has 0 bridgehead atoms. The molecule has 0 saturated heterocycles. The van der Waals surface area contributed by atoms with E-state index in [9.17, 15) is 18.0 Å². The third kappa shape index (κ3) is 4.46. The quantitative estimate of drug-likeness (QED) is 0.340. The number of carbonyl (C=O) groups is 1. The van der Waals surface area contributed by atoms with Gasteiger partial charge in [0.15, 0.2) is 11.0 Å². The van der Waals surface area contributed by atoms with Gasteiger partial charge in [0.25, 0.3) is 0 Å². The SMILES string of the molecule is CCn1c(SCC(=O)Nc2cc(C(F)(F)F)ccc2Cl)nnc1-c1c[nH]c2ccccc12. The number of nitrogens with zero attached hydrogens (tertiary/aromatic N) is 3. The lowest BCUT2D eigenvalue weighted by molar-refractivity contribution is -0.137. The number of H-pyrrole nitrogens is 1. The fourth-order valence-electron chi connectivity index (χ4n) is 3.25. The Balaban J connectivity index is 1.50. The molecular formula is C21H17ClF3N5OS. The highest BCUT2D eigenvalue weighted by molar-refractivity contribution is 7.99. The molecule has 4 rings (SSSR count). The molecule has 2 aromatic carbocycles. The standard InChI is InChI=1S/C21H17ClF3N5OS/c1-2-30-19(14-10-26-16-6-4-3-5-13(14)16)28-29-20(30)32-11-18(31)27-17-9-12(21(23,24)25)7-8-15(17)22/h3-10,26H,2,11H2,1H3,(H,27,31). The number of hydrogen-bond donors (Lipinski definition) is 2. The number of carbonyl (C=O) groups excluding carboxylic acids is 1. The van der Waals surface area contributed by atoms with Crippen LogP contribution in [0.1, 0.15) is 12.5 Å². The Kier molecular flexibility index (Phi) is 6.16. The summed E-state index contributed by atoms with van der Waals surface area (Å²) in [6, 6.07) is 10.6. The number of benzene rings is 2. The predicted octanol–water partition coefficient (Wildman–Crippen LogP) is 5.85. The fourth-order valence-corrected chi connectivity index (χ4v) is 4.22.